The smallest absolute Gasteiger partial charge is 0.255 e. The third-order valence-electron chi connectivity index (χ3n) is 5.94. The van der Waals surface area contributed by atoms with Crippen LogP contribution in [-0.4, -0.2) is 52.7 Å². The van der Waals surface area contributed by atoms with Gasteiger partial charge in [0.05, 0.1) is 0 Å². The molecule has 1 amide bonds. The maximum Gasteiger partial charge on any atom is 0.255 e. The van der Waals surface area contributed by atoms with Gasteiger partial charge in [-0.15, -0.1) is 0 Å². The van der Waals surface area contributed by atoms with Crippen LogP contribution in [0.5, 0.6) is 0 Å². The Labute approximate surface area is 157 Å². The van der Waals surface area contributed by atoms with E-state index < -0.39 is 5.60 Å². The van der Waals surface area contributed by atoms with Crippen molar-refractivity contribution >= 4 is 5.91 Å². The summed E-state index contributed by atoms with van der Waals surface area (Å²) in [4.78, 5) is 19.0. The number of amides is 1. The summed E-state index contributed by atoms with van der Waals surface area (Å²) in [5, 5.41) is 14.1. The van der Waals surface area contributed by atoms with Crippen molar-refractivity contribution in [2.75, 3.05) is 26.2 Å². The van der Waals surface area contributed by atoms with E-state index in [1.165, 1.54) is 32.1 Å². The molecular weight excluding hydrogens is 326 g/mol. The zero-order valence-corrected chi connectivity index (χ0v) is 15.8. The van der Waals surface area contributed by atoms with Crippen molar-refractivity contribution in [3.8, 4) is 0 Å². The summed E-state index contributed by atoms with van der Waals surface area (Å²) in [5.41, 5.74) is -0.217. The molecule has 1 aromatic rings. The Bertz CT molecular complexity index is 560. The van der Waals surface area contributed by atoms with Gasteiger partial charge in [-0.1, -0.05) is 38.2 Å². The van der Waals surface area contributed by atoms with Gasteiger partial charge >= 0.3 is 0 Å². The van der Waals surface area contributed by atoms with Crippen LogP contribution in [0, 0.1) is 5.92 Å². The lowest BCUT2D eigenvalue weighted by molar-refractivity contribution is -0.156. The number of hydrogen-bond acceptors (Lipinski definition) is 4. The normalized spacial score (nSPS) is 24.8. The molecule has 1 aliphatic carbocycles. The van der Waals surface area contributed by atoms with Gasteiger partial charge in [0.1, 0.15) is 0 Å². The number of hydrogen-bond donors (Lipinski definition) is 2. The maximum absolute atomic E-state index is 12.8. The second kappa shape index (κ2) is 9.47. The molecule has 0 radical (unpaired) electrons. The number of piperidine rings is 1. The van der Waals surface area contributed by atoms with E-state index in [0.29, 0.717) is 19.5 Å². The zero-order valence-electron chi connectivity index (χ0n) is 15.8. The van der Waals surface area contributed by atoms with E-state index in [1.807, 2.05) is 23.1 Å². The van der Waals surface area contributed by atoms with Crippen LogP contribution in [0.4, 0.5) is 0 Å². The van der Waals surface area contributed by atoms with Crippen LogP contribution in [0.3, 0.4) is 0 Å². The fraction of sp³-hybridized carbons (Fsp3) is 0.714. The Hall–Kier alpha value is -1.46. The lowest BCUT2D eigenvalue weighted by Gasteiger charge is -2.39. The first-order valence-electron chi connectivity index (χ1n) is 10.3. The average Bonchev–Trinajstić information content (AvgIpc) is 2.68. The van der Waals surface area contributed by atoms with Crippen molar-refractivity contribution in [2.24, 2.45) is 5.92 Å². The van der Waals surface area contributed by atoms with Crippen LogP contribution in [0.15, 0.2) is 24.4 Å². The molecule has 2 N–H and O–H groups in total. The Balaban J connectivity index is 1.42. The second-order valence-corrected chi connectivity index (χ2v) is 7.97. The first-order valence-corrected chi connectivity index (χ1v) is 10.3. The number of carbonyl (C=O) groups excluding carboxylic acids is 1. The minimum Gasteiger partial charge on any atom is -0.379 e. The van der Waals surface area contributed by atoms with Crippen LogP contribution in [0.1, 0.15) is 57.1 Å². The van der Waals surface area contributed by atoms with Gasteiger partial charge in [-0.3, -0.25) is 9.78 Å². The van der Waals surface area contributed by atoms with Crippen molar-refractivity contribution < 1.29 is 9.90 Å². The lowest BCUT2D eigenvalue weighted by Crippen LogP contribution is -2.58. The summed E-state index contributed by atoms with van der Waals surface area (Å²) >= 11 is 0. The molecule has 1 saturated carbocycles. The predicted octanol–water partition coefficient (Wildman–Crippen LogP) is 2.54. The molecule has 1 aromatic heterocycles. The minimum atomic E-state index is -1.24. The molecule has 2 heterocycles. The lowest BCUT2D eigenvalue weighted by atomic mass is 9.86. The highest BCUT2D eigenvalue weighted by Crippen LogP contribution is 2.28. The van der Waals surface area contributed by atoms with Crippen molar-refractivity contribution in [3.63, 3.8) is 0 Å². The second-order valence-electron chi connectivity index (χ2n) is 7.97. The molecule has 3 rings (SSSR count). The SMILES string of the molecule is O=C1N(CCC2CCCCC2)CCC[C@@]1(O)CNCCc1ccccn1. The summed E-state index contributed by atoms with van der Waals surface area (Å²) in [6, 6.07) is 5.88. The Morgan fingerprint density at radius 2 is 2.08 bits per heavy atom. The molecule has 0 bridgehead atoms. The Kier molecular flexibility index (Phi) is 7.03. The largest absolute Gasteiger partial charge is 0.379 e. The third kappa shape index (κ3) is 5.27. The number of nitrogens with one attached hydrogen (secondary N) is 1. The number of carbonyl (C=O) groups is 1. The molecule has 0 aromatic carbocycles. The molecular formula is C21H33N3O2. The Morgan fingerprint density at radius 3 is 2.85 bits per heavy atom. The van der Waals surface area contributed by atoms with E-state index in [0.717, 1.165) is 44.0 Å². The number of aliphatic hydroxyl groups is 1. The molecule has 0 unspecified atom stereocenters. The van der Waals surface area contributed by atoms with Crippen molar-refractivity contribution in [2.45, 2.75) is 63.4 Å². The standard InChI is InChI=1S/C21H33N3O2/c25-20-21(26,17-22-14-10-19-9-4-5-13-23-19)12-6-15-24(20)16-11-18-7-2-1-3-8-18/h4-5,9,13,18,22,26H,1-3,6-8,10-12,14-17H2/t21-/m1/s1. The molecule has 2 aliphatic rings. The molecule has 0 spiro atoms. The summed E-state index contributed by atoms with van der Waals surface area (Å²) in [5.74, 6) is 0.688. The fourth-order valence-electron chi connectivity index (χ4n) is 4.31. The van der Waals surface area contributed by atoms with Crippen LogP contribution in [0.25, 0.3) is 0 Å². The van der Waals surface area contributed by atoms with Crippen LogP contribution in [0.2, 0.25) is 0 Å². The fourth-order valence-corrected chi connectivity index (χ4v) is 4.31. The molecule has 1 saturated heterocycles. The van der Waals surface area contributed by atoms with Crippen molar-refractivity contribution in [1.29, 1.82) is 0 Å². The Morgan fingerprint density at radius 1 is 1.23 bits per heavy atom. The highest BCUT2D eigenvalue weighted by atomic mass is 16.3. The van der Waals surface area contributed by atoms with E-state index in [1.54, 1.807) is 6.20 Å². The molecule has 26 heavy (non-hydrogen) atoms. The summed E-state index contributed by atoms with van der Waals surface area (Å²) < 4.78 is 0. The molecule has 1 atom stereocenters. The topological polar surface area (TPSA) is 65.5 Å². The van der Waals surface area contributed by atoms with Gasteiger partial charge in [0.2, 0.25) is 0 Å². The van der Waals surface area contributed by atoms with E-state index in [-0.39, 0.29) is 5.91 Å². The van der Waals surface area contributed by atoms with Crippen molar-refractivity contribution in [3.05, 3.63) is 30.1 Å². The number of likely N-dealkylation sites (tertiary alicyclic amines) is 1. The van der Waals surface area contributed by atoms with Gasteiger partial charge in [-0.2, -0.15) is 0 Å². The molecule has 144 valence electrons. The maximum atomic E-state index is 12.8. The number of nitrogens with zero attached hydrogens (tertiary/aromatic N) is 2. The number of aromatic nitrogens is 1. The quantitative estimate of drug-likeness (QED) is 0.700. The van der Waals surface area contributed by atoms with E-state index in [2.05, 4.69) is 10.3 Å². The highest BCUT2D eigenvalue weighted by Gasteiger charge is 2.41. The average molecular weight is 360 g/mol. The molecule has 5 nitrogen and oxygen atoms in total. The minimum absolute atomic E-state index is 0.0788. The van der Waals surface area contributed by atoms with Crippen LogP contribution < -0.4 is 5.32 Å². The van der Waals surface area contributed by atoms with Gasteiger partial charge in [0.15, 0.2) is 5.60 Å². The first kappa shape index (κ1) is 19.3. The van der Waals surface area contributed by atoms with Crippen molar-refractivity contribution in [1.82, 2.24) is 15.2 Å². The van der Waals surface area contributed by atoms with Gasteiger partial charge in [-0.05, 0) is 37.3 Å². The number of rotatable bonds is 8. The summed E-state index contributed by atoms with van der Waals surface area (Å²) in [6.45, 7) is 2.65. The van der Waals surface area contributed by atoms with Gasteiger partial charge < -0.3 is 15.3 Å². The van der Waals surface area contributed by atoms with Crippen LogP contribution >= 0.6 is 0 Å². The summed E-state index contributed by atoms with van der Waals surface area (Å²) in [7, 11) is 0. The van der Waals surface area contributed by atoms with Gasteiger partial charge in [0.25, 0.3) is 5.91 Å². The third-order valence-corrected chi connectivity index (χ3v) is 5.94. The highest BCUT2D eigenvalue weighted by molar-refractivity contribution is 5.86. The van der Waals surface area contributed by atoms with Gasteiger partial charge in [0, 0.05) is 44.5 Å². The van der Waals surface area contributed by atoms with Crippen LogP contribution in [-0.2, 0) is 11.2 Å². The zero-order chi connectivity index (χ0) is 18.2. The van der Waals surface area contributed by atoms with Gasteiger partial charge in [-0.25, -0.2) is 0 Å². The first-order chi connectivity index (χ1) is 12.7. The monoisotopic (exact) mass is 359 g/mol. The number of pyridine rings is 1. The molecule has 5 heteroatoms. The van der Waals surface area contributed by atoms with E-state index >= 15 is 0 Å². The molecule has 2 fully saturated rings. The van der Waals surface area contributed by atoms with E-state index in [4.69, 9.17) is 0 Å². The van der Waals surface area contributed by atoms with E-state index in [9.17, 15) is 9.90 Å². The predicted molar refractivity (Wildman–Crippen MR) is 103 cm³/mol. The molecule has 1 aliphatic heterocycles. The summed E-state index contributed by atoms with van der Waals surface area (Å²) in [6.07, 6.45) is 11.8.